The molecule has 0 bridgehead atoms. The van der Waals surface area contributed by atoms with E-state index in [1.807, 2.05) is 0 Å². The zero-order valence-corrected chi connectivity index (χ0v) is 8.74. The quantitative estimate of drug-likeness (QED) is 0.455. The molecular formula is C9H14N2O5. The molecule has 7 nitrogen and oxygen atoms in total. The van der Waals surface area contributed by atoms with Crippen LogP contribution in [0.2, 0.25) is 0 Å². The van der Waals surface area contributed by atoms with Gasteiger partial charge in [0.15, 0.2) is 0 Å². The minimum Gasteiger partial charge on any atom is -0.447 e. The molecule has 3 N–H and O–H groups in total. The largest absolute Gasteiger partial charge is 0.447 e. The Kier molecular flexibility index (Phi) is 2.12. The summed E-state index contributed by atoms with van der Waals surface area (Å²) in [4.78, 5) is 12.9. The summed E-state index contributed by atoms with van der Waals surface area (Å²) < 4.78 is 10.3. The van der Waals surface area contributed by atoms with Gasteiger partial charge in [0.2, 0.25) is 0 Å². The van der Waals surface area contributed by atoms with Gasteiger partial charge >= 0.3 is 6.09 Å². The molecule has 0 spiro atoms. The molecule has 90 valence electrons. The third-order valence-electron chi connectivity index (χ3n) is 3.40. The highest BCUT2D eigenvalue weighted by Gasteiger charge is 2.57. The van der Waals surface area contributed by atoms with E-state index in [1.165, 1.54) is 4.90 Å². The van der Waals surface area contributed by atoms with Gasteiger partial charge in [0.05, 0.1) is 6.04 Å². The topological polar surface area (TPSA) is 91.3 Å². The van der Waals surface area contributed by atoms with Crippen molar-refractivity contribution in [3.63, 3.8) is 0 Å². The van der Waals surface area contributed by atoms with Crippen molar-refractivity contribution in [3.05, 3.63) is 0 Å². The van der Waals surface area contributed by atoms with Crippen LogP contribution in [0.4, 0.5) is 4.79 Å². The van der Waals surface area contributed by atoms with Crippen molar-refractivity contribution >= 4 is 6.09 Å². The first-order valence-corrected chi connectivity index (χ1v) is 5.32. The molecule has 0 aliphatic carbocycles. The smallest absolute Gasteiger partial charge is 0.411 e. The van der Waals surface area contributed by atoms with Crippen molar-refractivity contribution < 1.29 is 24.5 Å². The van der Waals surface area contributed by atoms with Crippen LogP contribution < -0.4 is 5.32 Å². The van der Waals surface area contributed by atoms with Crippen LogP contribution in [0.5, 0.6) is 0 Å². The van der Waals surface area contributed by atoms with Crippen LogP contribution in [0.1, 0.15) is 6.92 Å². The van der Waals surface area contributed by atoms with Crippen LogP contribution in [0.25, 0.3) is 0 Å². The summed E-state index contributed by atoms with van der Waals surface area (Å²) in [6.07, 6.45) is -3.79. The fourth-order valence-corrected chi connectivity index (χ4v) is 2.64. The van der Waals surface area contributed by atoms with Gasteiger partial charge in [-0.1, -0.05) is 0 Å². The van der Waals surface area contributed by atoms with Gasteiger partial charge in [0.25, 0.3) is 0 Å². The molecule has 3 rings (SSSR count). The number of rotatable bonds is 0. The van der Waals surface area contributed by atoms with Crippen molar-refractivity contribution in [2.45, 2.75) is 43.7 Å². The number of hydrogen-bond donors (Lipinski definition) is 3. The van der Waals surface area contributed by atoms with Crippen molar-refractivity contribution in [1.29, 1.82) is 0 Å². The second kappa shape index (κ2) is 3.30. The lowest BCUT2D eigenvalue weighted by Gasteiger charge is -2.41. The van der Waals surface area contributed by atoms with Crippen LogP contribution in [0.3, 0.4) is 0 Å². The van der Waals surface area contributed by atoms with Crippen molar-refractivity contribution in [2.75, 3.05) is 6.61 Å². The first-order valence-electron chi connectivity index (χ1n) is 5.32. The number of nitrogens with zero attached hydrogens (tertiary/aromatic N) is 1. The lowest BCUT2D eigenvalue weighted by atomic mass is 9.93. The highest BCUT2D eigenvalue weighted by Crippen LogP contribution is 2.33. The fourth-order valence-electron chi connectivity index (χ4n) is 2.64. The minimum absolute atomic E-state index is 0.107. The summed E-state index contributed by atoms with van der Waals surface area (Å²) >= 11 is 0. The number of aliphatic hydroxyl groups excluding tert-OH is 2. The molecule has 0 saturated carbocycles. The maximum atomic E-state index is 11.5. The van der Waals surface area contributed by atoms with Crippen LogP contribution in [-0.2, 0) is 9.47 Å². The van der Waals surface area contributed by atoms with Crippen LogP contribution >= 0.6 is 0 Å². The van der Waals surface area contributed by atoms with Gasteiger partial charge in [-0.3, -0.25) is 10.2 Å². The molecule has 3 heterocycles. The highest BCUT2D eigenvalue weighted by molar-refractivity contribution is 5.71. The summed E-state index contributed by atoms with van der Waals surface area (Å²) in [5.41, 5.74) is 0. The van der Waals surface area contributed by atoms with E-state index in [4.69, 9.17) is 9.47 Å². The molecule has 3 fully saturated rings. The maximum Gasteiger partial charge on any atom is 0.411 e. The number of ether oxygens (including phenoxy) is 2. The van der Waals surface area contributed by atoms with E-state index < -0.39 is 36.6 Å². The summed E-state index contributed by atoms with van der Waals surface area (Å²) in [7, 11) is 0. The SMILES string of the molecule is CC1N[C@@H]2C(O1)[C@@H](O)[C@H](O)C1COC(=O)N12. The maximum absolute atomic E-state index is 11.5. The molecule has 0 aromatic rings. The number of nitrogens with one attached hydrogen (secondary N) is 1. The van der Waals surface area contributed by atoms with Crippen LogP contribution in [0, 0.1) is 0 Å². The summed E-state index contributed by atoms with van der Waals surface area (Å²) in [6.45, 7) is 1.89. The second-order valence-electron chi connectivity index (χ2n) is 4.39. The van der Waals surface area contributed by atoms with E-state index in [0.29, 0.717) is 0 Å². The van der Waals surface area contributed by atoms with Crippen molar-refractivity contribution in [2.24, 2.45) is 0 Å². The van der Waals surface area contributed by atoms with E-state index in [1.54, 1.807) is 6.92 Å². The first kappa shape index (κ1) is 10.3. The van der Waals surface area contributed by atoms with Gasteiger partial charge in [0, 0.05) is 0 Å². The predicted molar refractivity (Wildman–Crippen MR) is 50.2 cm³/mol. The fraction of sp³-hybridized carbons (Fsp3) is 0.889. The van der Waals surface area contributed by atoms with Crippen molar-refractivity contribution in [3.8, 4) is 0 Å². The molecule has 0 radical (unpaired) electrons. The van der Waals surface area contributed by atoms with Gasteiger partial charge in [0.1, 0.15) is 37.3 Å². The average Bonchev–Trinajstić information content (AvgIpc) is 2.78. The first-order chi connectivity index (χ1) is 7.59. The monoisotopic (exact) mass is 230 g/mol. The van der Waals surface area contributed by atoms with E-state index in [2.05, 4.69) is 5.32 Å². The number of carbonyl (C=O) groups is 1. The Balaban J connectivity index is 1.94. The number of aliphatic hydroxyl groups is 2. The predicted octanol–water partition coefficient (Wildman–Crippen LogP) is -1.80. The lowest BCUT2D eigenvalue weighted by Crippen LogP contribution is -2.66. The zero-order valence-electron chi connectivity index (χ0n) is 8.74. The Hall–Kier alpha value is -0.890. The molecule has 16 heavy (non-hydrogen) atoms. The summed E-state index contributed by atoms with van der Waals surface area (Å²) in [5.74, 6) is 0. The third-order valence-corrected chi connectivity index (χ3v) is 3.40. The van der Waals surface area contributed by atoms with Gasteiger partial charge < -0.3 is 19.7 Å². The van der Waals surface area contributed by atoms with E-state index >= 15 is 0 Å². The van der Waals surface area contributed by atoms with Crippen molar-refractivity contribution in [1.82, 2.24) is 10.2 Å². The van der Waals surface area contributed by atoms with Gasteiger partial charge in [-0.25, -0.2) is 4.79 Å². The van der Waals surface area contributed by atoms with Crippen LogP contribution in [-0.4, -0.2) is 64.6 Å². The Morgan fingerprint density at radius 2 is 2.19 bits per heavy atom. The third kappa shape index (κ3) is 1.20. The molecule has 1 amide bonds. The molecule has 0 aromatic heterocycles. The molecule has 0 aromatic carbocycles. The Morgan fingerprint density at radius 1 is 1.44 bits per heavy atom. The van der Waals surface area contributed by atoms with E-state index in [-0.39, 0.29) is 12.8 Å². The molecule has 3 aliphatic rings. The number of piperidine rings is 1. The second-order valence-corrected chi connectivity index (χ2v) is 4.39. The number of hydrogen-bond acceptors (Lipinski definition) is 6. The lowest BCUT2D eigenvalue weighted by molar-refractivity contribution is -0.140. The Morgan fingerprint density at radius 3 is 2.94 bits per heavy atom. The Bertz CT molecular complexity index is 325. The number of amides is 1. The molecule has 3 saturated heterocycles. The number of fused-ring (bicyclic) bond motifs is 3. The molecule has 7 heteroatoms. The zero-order chi connectivity index (χ0) is 11.4. The standard InChI is InChI=1S/C9H14N2O5/c1-3-10-8-7(16-3)6(13)5(12)4-2-15-9(14)11(4)8/h3-8,10,12-13H,2H2,1H3/t3?,4?,5-,6+,7?,8+/m1/s1. The van der Waals surface area contributed by atoms with E-state index in [9.17, 15) is 15.0 Å². The molecule has 3 unspecified atom stereocenters. The summed E-state index contributed by atoms with van der Waals surface area (Å²) in [5, 5.41) is 22.8. The average molecular weight is 230 g/mol. The number of cyclic esters (lactones) is 1. The molecule has 6 atom stereocenters. The minimum atomic E-state index is -1.03. The molecular weight excluding hydrogens is 216 g/mol. The summed E-state index contributed by atoms with van der Waals surface area (Å²) in [6, 6.07) is -0.495. The Labute approximate surface area is 91.9 Å². The van der Waals surface area contributed by atoms with Gasteiger partial charge in [-0.15, -0.1) is 0 Å². The highest BCUT2D eigenvalue weighted by atomic mass is 16.6. The normalized spacial score (nSPS) is 51.2. The van der Waals surface area contributed by atoms with Gasteiger partial charge in [-0.05, 0) is 6.92 Å². The number of carbonyl (C=O) groups excluding carboxylic acids is 1. The van der Waals surface area contributed by atoms with E-state index in [0.717, 1.165) is 0 Å². The van der Waals surface area contributed by atoms with Crippen LogP contribution in [0.15, 0.2) is 0 Å². The molecule has 3 aliphatic heterocycles. The van der Waals surface area contributed by atoms with Gasteiger partial charge in [-0.2, -0.15) is 0 Å².